The molecule has 1 heterocycles. The largest absolute Gasteiger partial charge is 0.496 e. The highest BCUT2D eigenvalue weighted by atomic mass is 16.5. The molecule has 0 aliphatic heterocycles. The average molecular weight is 340 g/mol. The van der Waals surface area contributed by atoms with Crippen LogP contribution in [0, 0.1) is 13.8 Å². The summed E-state index contributed by atoms with van der Waals surface area (Å²) >= 11 is 0. The van der Waals surface area contributed by atoms with Gasteiger partial charge in [0.05, 0.1) is 7.11 Å². The third-order valence-corrected chi connectivity index (χ3v) is 5.98. The zero-order valence-corrected chi connectivity index (χ0v) is 16.1. The maximum atomic E-state index is 12.1. The van der Waals surface area contributed by atoms with Crippen LogP contribution < -0.4 is 10.3 Å². The molecule has 0 saturated heterocycles. The molecule has 1 aliphatic carbocycles. The van der Waals surface area contributed by atoms with E-state index in [1.54, 1.807) is 18.7 Å². The molecular formula is C21H28N2O2. The Morgan fingerprint density at radius 1 is 1.16 bits per heavy atom. The van der Waals surface area contributed by atoms with Crippen molar-refractivity contribution in [1.82, 2.24) is 9.47 Å². The van der Waals surface area contributed by atoms with Crippen LogP contribution in [0.15, 0.2) is 29.2 Å². The van der Waals surface area contributed by atoms with Crippen molar-refractivity contribution >= 4 is 0 Å². The van der Waals surface area contributed by atoms with Crippen molar-refractivity contribution in [2.24, 2.45) is 7.05 Å². The van der Waals surface area contributed by atoms with Gasteiger partial charge in [-0.1, -0.05) is 12.1 Å². The number of rotatable bonds is 4. The highest BCUT2D eigenvalue weighted by molar-refractivity contribution is 5.70. The van der Waals surface area contributed by atoms with Crippen molar-refractivity contribution in [1.29, 1.82) is 0 Å². The Morgan fingerprint density at radius 3 is 2.36 bits per heavy atom. The van der Waals surface area contributed by atoms with Gasteiger partial charge in [0.15, 0.2) is 0 Å². The molecule has 4 heteroatoms. The zero-order chi connectivity index (χ0) is 18.4. The lowest BCUT2D eigenvalue weighted by Crippen LogP contribution is -2.47. The van der Waals surface area contributed by atoms with Crippen LogP contribution in [0.5, 0.6) is 5.75 Å². The third kappa shape index (κ3) is 2.69. The number of aromatic nitrogens is 1. The molecule has 2 aromatic rings. The first-order valence-electron chi connectivity index (χ1n) is 8.85. The van der Waals surface area contributed by atoms with E-state index in [0.29, 0.717) is 0 Å². The number of methoxy groups -OCH3 is 1. The van der Waals surface area contributed by atoms with E-state index in [-0.39, 0.29) is 11.1 Å². The zero-order valence-electron chi connectivity index (χ0n) is 16.1. The second-order valence-electron chi connectivity index (χ2n) is 7.40. The van der Waals surface area contributed by atoms with Gasteiger partial charge in [-0.25, -0.2) is 0 Å². The molecule has 0 radical (unpaired) electrons. The summed E-state index contributed by atoms with van der Waals surface area (Å²) < 4.78 is 7.43. The smallest absolute Gasteiger partial charge is 0.253 e. The number of nitrogens with zero attached hydrogens (tertiary/aromatic N) is 2. The molecule has 4 nitrogen and oxygen atoms in total. The van der Waals surface area contributed by atoms with E-state index in [2.05, 4.69) is 37.2 Å². The predicted molar refractivity (Wildman–Crippen MR) is 102 cm³/mol. The number of aryl methyl sites for hydroxylation is 1. The summed E-state index contributed by atoms with van der Waals surface area (Å²) in [4.78, 5) is 14.5. The quantitative estimate of drug-likeness (QED) is 0.852. The van der Waals surface area contributed by atoms with E-state index in [0.717, 1.165) is 40.8 Å². The van der Waals surface area contributed by atoms with Crippen LogP contribution in [0.25, 0.3) is 11.1 Å². The second kappa shape index (κ2) is 6.34. The van der Waals surface area contributed by atoms with Gasteiger partial charge in [-0.2, -0.15) is 0 Å². The van der Waals surface area contributed by atoms with E-state index in [1.165, 1.54) is 12.0 Å². The van der Waals surface area contributed by atoms with Crippen LogP contribution in [-0.2, 0) is 12.6 Å². The summed E-state index contributed by atoms with van der Waals surface area (Å²) in [5.41, 5.74) is 5.40. The van der Waals surface area contributed by atoms with E-state index in [4.69, 9.17) is 4.74 Å². The molecule has 0 N–H and O–H groups in total. The molecular weight excluding hydrogens is 312 g/mol. The van der Waals surface area contributed by atoms with Crippen molar-refractivity contribution in [3.8, 4) is 16.9 Å². The molecule has 3 rings (SSSR count). The topological polar surface area (TPSA) is 34.5 Å². The number of pyridine rings is 1. The van der Waals surface area contributed by atoms with Crippen LogP contribution in [0.4, 0.5) is 0 Å². The summed E-state index contributed by atoms with van der Waals surface area (Å²) in [5, 5.41) is 0. The van der Waals surface area contributed by atoms with E-state index < -0.39 is 0 Å². The molecule has 134 valence electrons. The van der Waals surface area contributed by atoms with Gasteiger partial charge >= 0.3 is 0 Å². The standard InChI is InChI=1S/C21H28N2O2/c1-14-15(2)20(24)23(5)13-17(14)16-8-9-18(19(12-16)25-6)21(22(3)4)10-7-11-21/h8-9,12-13H,7,10-11H2,1-6H3. The van der Waals surface area contributed by atoms with Crippen LogP contribution >= 0.6 is 0 Å². The lowest BCUT2D eigenvalue weighted by molar-refractivity contribution is 0.0551. The van der Waals surface area contributed by atoms with Gasteiger partial charge < -0.3 is 9.30 Å². The maximum Gasteiger partial charge on any atom is 0.253 e. The Morgan fingerprint density at radius 2 is 1.84 bits per heavy atom. The second-order valence-corrected chi connectivity index (χ2v) is 7.40. The summed E-state index contributed by atoms with van der Waals surface area (Å²) in [6, 6.07) is 6.48. The fraction of sp³-hybridized carbons (Fsp3) is 0.476. The Balaban J connectivity index is 2.14. The Kier molecular flexibility index (Phi) is 4.50. The molecule has 0 amide bonds. The summed E-state index contributed by atoms with van der Waals surface area (Å²) in [5.74, 6) is 0.928. The molecule has 0 bridgehead atoms. The first-order chi connectivity index (χ1) is 11.8. The number of hydrogen-bond donors (Lipinski definition) is 0. The molecule has 25 heavy (non-hydrogen) atoms. The monoisotopic (exact) mass is 340 g/mol. The molecule has 0 unspecified atom stereocenters. The van der Waals surface area contributed by atoms with Crippen molar-refractivity contribution in [2.45, 2.75) is 38.6 Å². The van der Waals surface area contributed by atoms with Crippen LogP contribution in [-0.4, -0.2) is 30.7 Å². The highest BCUT2D eigenvalue weighted by Crippen LogP contribution is 2.49. The molecule has 0 spiro atoms. The van der Waals surface area contributed by atoms with Gasteiger partial charge in [-0.3, -0.25) is 9.69 Å². The number of benzene rings is 1. The van der Waals surface area contributed by atoms with Gasteiger partial charge in [-0.05, 0) is 64.4 Å². The van der Waals surface area contributed by atoms with Crippen molar-refractivity contribution in [3.63, 3.8) is 0 Å². The normalized spacial score (nSPS) is 16.0. The number of hydrogen-bond acceptors (Lipinski definition) is 3. The fourth-order valence-corrected chi connectivity index (χ4v) is 3.98. The molecule has 1 fully saturated rings. The SMILES string of the molecule is COc1cc(-c2cn(C)c(=O)c(C)c2C)ccc1C1(N(C)C)CCC1. The molecule has 1 aromatic heterocycles. The predicted octanol–water partition coefficient (Wildman–Crippen LogP) is 3.62. The van der Waals surface area contributed by atoms with Crippen LogP contribution in [0.2, 0.25) is 0 Å². The van der Waals surface area contributed by atoms with Crippen molar-refractivity contribution in [2.75, 3.05) is 21.2 Å². The lowest BCUT2D eigenvalue weighted by Gasteiger charge is -2.48. The molecule has 0 atom stereocenters. The number of ether oxygens (including phenoxy) is 1. The highest BCUT2D eigenvalue weighted by Gasteiger charge is 2.42. The molecule has 1 aliphatic rings. The molecule has 1 saturated carbocycles. The minimum atomic E-state index is 0.0610. The van der Waals surface area contributed by atoms with Gasteiger partial charge in [0.2, 0.25) is 0 Å². The van der Waals surface area contributed by atoms with Gasteiger partial charge in [0.25, 0.3) is 5.56 Å². The first kappa shape index (κ1) is 17.7. The fourth-order valence-electron chi connectivity index (χ4n) is 3.98. The summed E-state index contributed by atoms with van der Waals surface area (Å²) in [6.07, 6.45) is 5.49. The minimum absolute atomic E-state index is 0.0610. The first-order valence-corrected chi connectivity index (χ1v) is 8.85. The van der Waals surface area contributed by atoms with Crippen LogP contribution in [0.3, 0.4) is 0 Å². The Hall–Kier alpha value is -2.07. The Labute approximate surface area is 150 Å². The third-order valence-electron chi connectivity index (χ3n) is 5.98. The average Bonchev–Trinajstić information content (AvgIpc) is 2.55. The summed E-state index contributed by atoms with van der Waals surface area (Å²) in [7, 11) is 7.84. The van der Waals surface area contributed by atoms with E-state index in [1.807, 2.05) is 20.0 Å². The Bertz CT molecular complexity index is 861. The van der Waals surface area contributed by atoms with Gasteiger partial charge in [0.1, 0.15) is 5.75 Å². The van der Waals surface area contributed by atoms with Gasteiger partial charge in [-0.15, -0.1) is 0 Å². The lowest BCUT2D eigenvalue weighted by atomic mass is 9.70. The summed E-state index contributed by atoms with van der Waals surface area (Å²) in [6.45, 7) is 3.90. The minimum Gasteiger partial charge on any atom is -0.496 e. The van der Waals surface area contributed by atoms with E-state index >= 15 is 0 Å². The van der Waals surface area contributed by atoms with Gasteiger partial charge in [0, 0.05) is 35.5 Å². The maximum absolute atomic E-state index is 12.1. The van der Waals surface area contributed by atoms with Crippen molar-refractivity contribution < 1.29 is 4.74 Å². The van der Waals surface area contributed by atoms with Crippen LogP contribution in [0.1, 0.15) is 36.0 Å². The molecule has 1 aromatic carbocycles. The van der Waals surface area contributed by atoms with E-state index in [9.17, 15) is 4.79 Å². The van der Waals surface area contributed by atoms with Crippen molar-refractivity contribution in [3.05, 3.63) is 51.4 Å².